The predicted molar refractivity (Wildman–Crippen MR) is 78.9 cm³/mol. The van der Waals surface area contributed by atoms with Gasteiger partial charge in [-0.15, -0.1) is 0 Å². The van der Waals surface area contributed by atoms with Crippen molar-refractivity contribution < 1.29 is 14.6 Å². The fraction of sp³-hybridized carbons (Fsp3) is 0.533. The standard InChI is InChI=1S/C15H24N2O3/c1-4-20-14-7-5-6-13(10-14)12(3)17-15(19)16-11(2)8-9-18/h5-7,10-12,18H,4,8-9H2,1-3H3,(H2,16,17,19)/t11-,12?/m1/s1. The molecule has 5 nitrogen and oxygen atoms in total. The van der Waals surface area contributed by atoms with Gasteiger partial charge in [-0.1, -0.05) is 12.1 Å². The Kier molecular flexibility index (Phi) is 6.87. The van der Waals surface area contributed by atoms with Gasteiger partial charge in [-0.25, -0.2) is 4.79 Å². The zero-order valence-electron chi connectivity index (χ0n) is 12.3. The van der Waals surface area contributed by atoms with Crippen molar-refractivity contribution in [3.05, 3.63) is 29.8 Å². The van der Waals surface area contributed by atoms with Gasteiger partial charge in [0.25, 0.3) is 0 Å². The Labute approximate surface area is 120 Å². The summed E-state index contributed by atoms with van der Waals surface area (Å²) in [5.41, 5.74) is 0.987. The normalized spacial score (nSPS) is 13.4. The minimum absolute atomic E-state index is 0.0537. The zero-order valence-corrected chi connectivity index (χ0v) is 12.3. The largest absolute Gasteiger partial charge is 0.494 e. The van der Waals surface area contributed by atoms with Gasteiger partial charge < -0.3 is 20.5 Å². The van der Waals surface area contributed by atoms with E-state index in [1.54, 1.807) is 0 Å². The summed E-state index contributed by atoms with van der Waals surface area (Å²) in [6.45, 7) is 6.39. The number of aliphatic hydroxyl groups excluding tert-OH is 1. The molecule has 0 aromatic heterocycles. The van der Waals surface area contributed by atoms with E-state index in [0.717, 1.165) is 11.3 Å². The molecule has 2 amide bonds. The number of hydrogen-bond donors (Lipinski definition) is 3. The number of rotatable bonds is 7. The first-order chi connectivity index (χ1) is 9.56. The molecule has 0 aliphatic carbocycles. The second-order valence-electron chi connectivity index (χ2n) is 4.76. The van der Waals surface area contributed by atoms with Gasteiger partial charge in [0.15, 0.2) is 0 Å². The maximum absolute atomic E-state index is 11.8. The molecule has 3 N–H and O–H groups in total. The van der Waals surface area contributed by atoms with E-state index in [4.69, 9.17) is 9.84 Å². The Morgan fingerprint density at radius 2 is 2.10 bits per heavy atom. The van der Waals surface area contributed by atoms with E-state index in [2.05, 4.69) is 10.6 Å². The molecule has 0 saturated carbocycles. The Morgan fingerprint density at radius 1 is 1.35 bits per heavy atom. The number of ether oxygens (including phenoxy) is 1. The van der Waals surface area contributed by atoms with Gasteiger partial charge >= 0.3 is 6.03 Å². The lowest BCUT2D eigenvalue weighted by Gasteiger charge is -2.18. The SMILES string of the molecule is CCOc1cccc(C(C)NC(=O)N[C@H](C)CCO)c1. The average Bonchev–Trinajstić information content (AvgIpc) is 2.39. The third-order valence-electron chi connectivity index (χ3n) is 2.96. The fourth-order valence-electron chi connectivity index (χ4n) is 1.85. The lowest BCUT2D eigenvalue weighted by molar-refractivity contribution is 0.228. The highest BCUT2D eigenvalue weighted by atomic mass is 16.5. The van der Waals surface area contributed by atoms with E-state index in [1.165, 1.54) is 0 Å². The molecule has 0 aliphatic heterocycles. The van der Waals surface area contributed by atoms with Crippen LogP contribution in [0.15, 0.2) is 24.3 Å². The summed E-state index contributed by atoms with van der Waals surface area (Å²) >= 11 is 0. The lowest BCUT2D eigenvalue weighted by Crippen LogP contribution is -2.42. The third-order valence-corrected chi connectivity index (χ3v) is 2.96. The van der Waals surface area contributed by atoms with Gasteiger partial charge in [-0.3, -0.25) is 0 Å². The average molecular weight is 280 g/mol. The maximum Gasteiger partial charge on any atom is 0.315 e. The molecule has 1 unspecified atom stereocenters. The summed E-state index contributed by atoms with van der Waals surface area (Å²) in [7, 11) is 0. The molecule has 20 heavy (non-hydrogen) atoms. The minimum Gasteiger partial charge on any atom is -0.494 e. The molecule has 0 fully saturated rings. The van der Waals surface area contributed by atoms with E-state index < -0.39 is 0 Å². The molecular weight excluding hydrogens is 256 g/mol. The van der Waals surface area contributed by atoms with Crippen molar-refractivity contribution in [1.29, 1.82) is 0 Å². The van der Waals surface area contributed by atoms with E-state index in [-0.39, 0.29) is 24.7 Å². The van der Waals surface area contributed by atoms with Crippen molar-refractivity contribution in [2.75, 3.05) is 13.2 Å². The van der Waals surface area contributed by atoms with Crippen molar-refractivity contribution in [1.82, 2.24) is 10.6 Å². The number of urea groups is 1. The van der Waals surface area contributed by atoms with Gasteiger partial charge in [-0.2, -0.15) is 0 Å². The zero-order chi connectivity index (χ0) is 15.0. The monoisotopic (exact) mass is 280 g/mol. The molecule has 2 atom stereocenters. The Morgan fingerprint density at radius 3 is 2.75 bits per heavy atom. The van der Waals surface area contributed by atoms with Gasteiger partial charge in [0.1, 0.15) is 5.75 Å². The summed E-state index contributed by atoms with van der Waals surface area (Å²) in [6, 6.07) is 7.27. The molecule has 5 heteroatoms. The first-order valence-corrected chi connectivity index (χ1v) is 6.97. The predicted octanol–water partition coefficient (Wildman–Crippen LogP) is 2.22. The van der Waals surface area contributed by atoms with Crippen molar-refractivity contribution in [2.24, 2.45) is 0 Å². The molecule has 1 aromatic carbocycles. The number of hydrogen-bond acceptors (Lipinski definition) is 3. The van der Waals surface area contributed by atoms with Crippen LogP contribution in [0.3, 0.4) is 0 Å². The quantitative estimate of drug-likeness (QED) is 0.717. The number of carbonyl (C=O) groups excluding carboxylic acids is 1. The molecule has 1 aromatic rings. The Hall–Kier alpha value is -1.75. The Balaban J connectivity index is 2.55. The Bertz CT molecular complexity index is 423. The van der Waals surface area contributed by atoms with Crippen LogP contribution < -0.4 is 15.4 Å². The van der Waals surface area contributed by atoms with Crippen LogP contribution in [0.2, 0.25) is 0 Å². The first-order valence-electron chi connectivity index (χ1n) is 6.97. The van der Waals surface area contributed by atoms with Crippen LogP contribution in [0.5, 0.6) is 5.75 Å². The summed E-state index contributed by atoms with van der Waals surface area (Å²) in [4.78, 5) is 11.8. The van der Waals surface area contributed by atoms with Gasteiger partial charge in [-0.05, 0) is 44.9 Å². The van der Waals surface area contributed by atoms with Crippen LogP contribution in [-0.4, -0.2) is 30.4 Å². The third kappa shape index (κ3) is 5.48. The van der Waals surface area contributed by atoms with Gasteiger partial charge in [0, 0.05) is 12.6 Å². The number of amides is 2. The van der Waals surface area contributed by atoms with E-state index >= 15 is 0 Å². The number of aliphatic hydroxyl groups is 1. The van der Waals surface area contributed by atoms with Crippen LogP contribution in [0.25, 0.3) is 0 Å². The molecule has 0 heterocycles. The van der Waals surface area contributed by atoms with E-state index in [1.807, 2.05) is 45.0 Å². The van der Waals surface area contributed by atoms with Crippen LogP contribution in [0, 0.1) is 0 Å². The topological polar surface area (TPSA) is 70.6 Å². The van der Waals surface area contributed by atoms with Gasteiger partial charge in [0.05, 0.1) is 12.6 Å². The molecule has 1 rings (SSSR count). The first kappa shape index (κ1) is 16.3. The van der Waals surface area contributed by atoms with Crippen LogP contribution in [-0.2, 0) is 0 Å². The lowest BCUT2D eigenvalue weighted by atomic mass is 10.1. The maximum atomic E-state index is 11.8. The van der Waals surface area contributed by atoms with E-state index in [9.17, 15) is 4.79 Å². The van der Waals surface area contributed by atoms with E-state index in [0.29, 0.717) is 13.0 Å². The molecular formula is C15H24N2O3. The highest BCUT2D eigenvalue weighted by molar-refractivity contribution is 5.74. The fourth-order valence-corrected chi connectivity index (χ4v) is 1.85. The molecule has 0 radical (unpaired) electrons. The number of carbonyl (C=O) groups is 1. The highest BCUT2D eigenvalue weighted by Gasteiger charge is 2.12. The second kappa shape index (κ2) is 8.43. The summed E-state index contributed by atoms with van der Waals surface area (Å²) in [5, 5.41) is 14.5. The highest BCUT2D eigenvalue weighted by Crippen LogP contribution is 2.19. The second-order valence-corrected chi connectivity index (χ2v) is 4.76. The van der Waals surface area contributed by atoms with Crippen LogP contribution >= 0.6 is 0 Å². The molecule has 0 bridgehead atoms. The van der Waals surface area contributed by atoms with Crippen LogP contribution in [0.4, 0.5) is 4.79 Å². The summed E-state index contributed by atoms with van der Waals surface area (Å²) < 4.78 is 5.44. The van der Waals surface area contributed by atoms with Gasteiger partial charge in [0.2, 0.25) is 0 Å². The molecule has 0 saturated heterocycles. The number of nitrogens with one attached hydrogen (secondary N) is 2. The minimum atomic E-state index is -0.236. The molecule has 0 spiro atoms. The van der Waals surface area contributed by atoms with Crippen LogP contribution in [0.1, 0.15) is 38.8 Å². The smallest absolute Gasteiger partial charge is 0.315 e. The van der Waals surface area contributed by atoms with Crippen molar-refractivity contribution in [3.63, 3.8) is 0 Å². The summed E-state index contributed by atoms with van der Waals surface area (Å²) in [5.74, 6) is 0.799. The van der Waals surface area contributed by atoms with Crippen molar-refractivity contribution in [2.45, 2.75) is 39.3 Å². The number of benzene rings is 1. The van der Waals surface area contributed by atoms with Crippen molar-refractivity contribution >= 4 is 6.03 Å². The molecule has 112 valence electrons. The van der Waals surface area contributed by atoms with Crippen molar-refractivity contribution in [3.8, 4) is 5.75 Å². The molecule has 0 aliphatic rings. The summed E-state index contributed by atoms with van der Waals surface area (Å²) in [6.07, 6.45) is 0.543.